The van der Waals surface area contributed by atoms with Gasteiger partial charge in [-0.15, -0.1) is 10.2 Å². The van der Waals surface area contributed by atoms with Gasteiger partial charge in [-0.05, 0) is 31.2 Å². The number of benzene rings is 1. The Balaban J connectivity index is 2.17. The first kappa shape index (κ1) is 15.4. The van der Waals surface area contributed by atoms with Gasteiger partial charge in [0.05, 0.1) is 17.9 Å². The van der Waals surface area contributed by atoms with Crippen molar-refractivity contribution < 1.29 is 14.3 Å². The molecule has 7 heteroatoms. The van der Waals surface area contributed by atoms with Gasteiger partial charge in [-0.3, -0.25) is 4.79 Å². The second kappa shape index (κ2) is 7.16. The van der Waals surface area contributed by atoms with Gasteiger partial charge in [-0.1, -0.05) is 12.1 Å². The van der Waals surface area contributed by atoms with Gasteiger partial charge in [0, 0.05) is 6.92 Å². The minimum Gasteiger partial charge on any atom is -0.462 e. The first-order chi connectivity index (χ1) is 10.6. The largest absolute Gasteiger partial charge is 0.462 e. The van der Waals surface area contributed by atoms with Gasteiger partial charge in [0.15, 0.2) is 11.6 Å². The molecule has 0 aliphatic heterocycles. The zero-order chi connectivity index (χ0) is 15.9. The standard InChI is InChI=1S/C15H16N4O3/c1-3-22-15(21)11-6-4-5-7-12(11)17-14-9-8-13(18-19-14)16-10(2)20/h4-9H,3H2,1-2H3,(H,17,19)(H,16,18,20). The number of nitrogens with zero attached hydrogens (tertiary/aromatic N) is 2. The van der Waals surface area contributed by atoms with E-state index < -0.39 is 5.97 Å². The Labute approximate surface area is 127 Å². The second-order valence-corrected chi connectivity index (χ2v) is 4.38. The third kappa shape index (κ3) is 4.02. The summed E-state index contributed by atoms with van der Waals surface area (Å²) in [6.07, 6.45) is 0. The van der Waals surface area contributed by atoms with Crippen LogP contribution >= 0.6 is 0 Å². The third-order valence-electron chi connectivity index (χ3n) is 2.65. The van der Waals surface area contributed by atoms with E-state index in [4.69, 9.17) is 4.74 Å². The highest BCUT2D eigenvalue weighted by Gasteiger charge is 2.12. The SMILES string of the molecule is CCOC(=O)c1ccccc1Nc1ccc(NC(C)=O)nn1. The van der Waals surface area contributed by atoms with Crippen LogP contribution in [0, 0.1) is 0 Å². The molecule has 0 radical (unpaired) electrons. The molecule has 0 unspecified atom stereocenters. The average molecular weight is 300 g/mol. The lowest BCUT2D eigenvalue weighted by Gasteiger charge is -2.10. The van der Waals surface area contributed by atoms with E-state index in [1.54, 1.807) is 43.3 Å². The molecule has 0 fully saturated rings. The van der Waals surface area contributed by atoms with E-state index >= 15 is 0 Å². The van der Waals surface area contributed by atoms with E-state index in [1.807, 2.05) is 0 Å². The molecule has 0 aliphatic carbocycles. The Morgan fingerprint density at radius 1 is 1.09 bits per heavy atom. The van der Waals surface area contributed by atoms with Crippen molar-refractivity contribution in [3.05, 3.63) is 42.0 Å². The summed E-state index contributed by atoms with van der Waals surface area (Å²) >= 11 is 0. The number of rotatable bonds is 5. The van der Waals surface area contributed by atoms with Crippen LogP contribution < -0.4 is 10.6 Å². The van der Waals surface area contributed by atoms with Crippen molar-refractivity contribution in [2.75, 3.05) is 17.2 Å². The molecule has 0 saturated carbocycles. The van der Waals surface area contributed by atoms with Crippen LogP contribution in [0.5, 0.6) is 0 Å². The Morgan fingerprint density at radius 2 is 1.77 bits per heavy atom. The average Bonchev–Trinajstić information content (AvgIpc) is 2.49. The molecule has 1 amide bonds. The van der Waals surface area contributed by atoms with E-state index in [9.17, 15) is 9.59 Å². The summed E-state index contributed by atoms with van der Waals surface area (Å²) in [5, 5.41) is 13.3. The summed E-state index contributed by atoms with van der Waals surface area (Å²) in [5.41, 5.74) is 0.986. The Morgan fingerprint density at radius 3 is 2.41 bits per heavy atom. The number of carbonyl (C=O) groups excluding carboxylic acids is 2. The van der Waals surface area contributed by atoms with Crippen LogP contribution in [0.25, 0.3) is 0 Å². The van der Waals surface area contributed by atoms with Gasteiger partial charge >= 0.3 is 5.97 Å². The molecule has 7 nitrogen and oxygen atoms in total. The van der Waals surface area contributed by atoms with Crippen LogP contribution in [0.3, 0.4) is 0 Å². The highest BCUT2D eigenvalue weighted by atomic mass is 16.5. The molecule has 1 aromatic heterocycles. The third-order valence-corrected chi connectivity index (χ3v) is 2.65. The number of hydrogen-bond acceptors (Lipinski definition) is 6. The topological polar surface area (TPSA) is 93.2 Å². The molecule has 2 aromatic rings. The summed E-state index contributed by atoms with van der Waals surface area (Å²) in [6, 6.07) is 10.2. The van der Waals surface area contributed by atoms with Crippen LogP contribution in [-0.4, -0.2) is 28.7 Å². The van der Waals surface area contributed by atoms with Gasteiger partial charge in [-0.2, -0.15) is 0 Å². The van der Waals surface area contributed by atoms with Crippen molar-refractivity contribution in [1.29, 1.82) is 0 Å². The normalized spacial score (nSPS) is 9.91. The smallest absolute Gasteiger partial charge is 0.340 e. The highest BCUT2D eigenvalue weighted by molar-refractivity contribution is 5.96. The van der Waals surface area contributed by atoms with Gasteiger partial charge in [0.2, 0.25) is 5.91 Å². The van der Waals surface area contributed by atoms with E-state index in [0.29, 0.717) is 29.5 Å². The number of amides is 1. The number of nitrogens with one attached hydrogen (secondary N) is 2. The van der Waals surface area contributed by atoms with Crippen molar-refractivity contribution in [2.45, 2.75) is 13.8 Å². The zero-order valence-electron chi connectivity index (χ0n) is 12.3. The first-order valence-corrected chi connectivity index (χ1v) is 6.74. The fourth-order valence-electron chi connectivity index (χ4n) is 1.76. The maximum absolute atomic E-state index is 11.9. The van der Waals surface area contributed by atoms with Crippen LogP contribution in [0.1, 0.15) is 24.2 Å². The predicted octanol–water partition coefficient (Wildman–Crippen LogP) is 2.36. The molecule has 114 valence electrons. The number of hydrogen-bond donors (Lipinski definition) is 2. The molecule has 22 heavy (non-hydrogen) atoms. The minimum absolute atomic E-state index is 0.220. The summed E-state index contributed by atoms with van der Waals surface area (Å²) in [5.74, 6) is 0.179. The molecular weight excluding hydrogens is 284 g/mol. The van der Waals surface area contributed by atoms with Crippen LogP contribution in [0.2, 0.25) is 0 Å². The van der Waals surface area contributed by atoms with E-state index in [0.717, 1.165) is 0 Å². The number of anilines is 3. The van der Waals surface area contributed by atoms with Crippen molar-refractivity contribution in [3.63, 3.8) is 0 Å². The first-order valence-electron chi connectivity index (χ1n) is 6.74. The Bertz CT molecular complexity index is 671. The Kier molecular flexibility index (Phi) is 5.02. The lowest BCUT2D eigenvalue weighted by Crippen LogP contribution is -2.10. The lowest BCUT2D eigenvalue weighted by atomic mass is 10.2. The van der Waals surface area contributed by atoms with E-state index in [2.05, 4.69) is 20.8 Å². The quantitative estimate of drug-likeness (QED) is 0.823. The van der Waals surface area contributed by atoms with Crippen LogP contribution in [0.15, 0.2) is 36.4 Å². The van der Waals surface area contributed by atoms with E-state index in [-0.39, 0.29) is 5.91 Å². The van der Waals surface area contributed by atoms with Crippen molar-refractivity contribution in [1.82, 2.24) is 10.2 Å². The summed E-state index contributed by atoms with van der Waals surface area (Å²) in [7, 11) is 0. The molecular formula is C15H16N4O3. The van der Waals surface area contributed by atoms with Gasteiger partial charge in [0.25, 0.3) is 0 Å². The molecule has 1 heterocycles. The van der Waals surface area contributed by atoms with Crippen LogP contribution in [-0.2, 0) is 9.53 Å². The highest BCUT2D eigenvalue weighted by Crippen LogP contribution is 2.20. The number of para-hydroxylation sites is 1. The molecule has 1 aromatic carbocycles. The molecule has 2 N–H and O–H groups in total. The number of aromatic nitrogens is 2. The van der Waals surface area contributed by atoms with Crippen molar-refractivity contribution in [2.24, 2.45) is 0 Å². The Hall–Kier alpha value is -2.96. The summed E-state index contributed by atoms with van der Waals surface area (Å²) < 4.78 is 5.01. The zero-order valence-corrected chi connectivity index (χ0v) is 12.3. The maximum atomic E-state index is 11.9. The molecule has 0 spiro atoms. The molecule has 0 saturated heterocycles. The molecule has 0 aliphatic rings. The van der Waals surface area contributed by atoms with Crippen molar-refractivity contribution in [3.8, 4) is 0 Å². The molecule has 0 bridgehead atoms. The number of carbonyl (C=O) groups is 2. The number of esters is 1. The van der Waals surface area contributed by atoms with Crippen molar-refractivity contribution >= 4 is 29.2 Å². The minimum atomic E-state index is -0.409. The molecule has 2 rings (SSSR count). The van der Waals surface area contributed by atoms with Gasteiger partial charge in [-0.25, -0.2) is 4.79 Å². The van der Waals surface area contributed by atoms with E-state index in [1.165, 1.54) is 6.92 Å². The van der Waals surface area contributed by atoms with Crippen LogP contribution in [0.4, 0.5) is 17.3 Å². The van der Waals surface area contributed by atoms with Gasteiger partial charge < -0.3 is 15.4 Å². The number of ether oxygens (including phenoxy) is 1. The van der Waals surface area contributed by atoms with Gasteiger partial charge in [0.1, 0.15) is 0 Å². The molecule has 0 atom stereocenters. The summed E-state index contributed by atoms with van der Waals surface area (Å²) in [6.45, 7) is 3.45. The fourth-order valence-corrected chi connectivity index (χ4v) is 1.76. The lowest BCUT2D eigenvalue weighted by molar-refractivity contribution is -0.114. The second-order valence-electron chi connectivity index (χ2n) is 4.38. The summed E-state index contributed by atoms with van der Waals surface area (Å²) in [4.78, 5) is 22.8. The predicted molar refractivity (Wildman–Crippen MR) is 82.0 cm³/mol. The maximum Gasteiger partial charge on any atom is 0.340 e. The fraction of sp³-hybridized carbons (Fsp3) is 0.200. The monoisotopic (exact) mass is 300 g/mol.